The number of anilines is 2. The van der Waals surface area contributed by atoms with Gasteiger partial charge < -0.3 is 4.74 Å². The highest BCUT2D eigenvalue weighted by Gasteiger charge is 2.24. The first-order chi connectivity index (χ1) is 13.6. The molecule has 5 nitrogen and oxygen atoms in total. The van der Waals surface area contributed by atoms with Gasteiger partial charge in [-0.15, -0.1) is 0 Å². The van der Waals surface area contributed by atoms with Gasteiger partial charge in [-0.3, -0.25) is 9.69 Å². The Hall–Kier alpha value is -3.28. The summed E-state index contributed by atoms with van der Waals surface area (Å²) in [5.41, 5.74) is 0.692. The SMILES string of the molecule is CC(=O)N(c1ccc(Oc2ccc(F)cc2)cc1)c1ccnc(C2CCC2)n1. The molecule has 6 heteroatoms. The predicted octanol–water partition coefficient (Wildman–Crippen LogP) is 5.36. The van der Waals surface area contributed by atoms with Gasteiger partial charge in [0.25, 0.3) is 0 Å². The molecular formula is C22H20FN3O2. The molecule has 1 aromatic heterocycles. The number of rotatable bonds is 5. The number of amides is 1. The van der Waals surface area contributed by atoms with Gasteiger partial charge in [0.1, 0.15) is 29.0 Å². The summed E-state index contributed by atoms with van der Waals surface area (Å²) in [5.74, 6) is 2.44. The quantitative estimate of drug-likeness (QED) is 0.601. The van der Waals surface area contributed by atoms with Crippen molar-refractivity contribution in [2.45, 2.75) is 32.1 Å². The molecule has 28 heavy (non-hydrogen) atoms. The fraction of sp³-hybridized carbons (Fsp3) is 0.227. The minimum atomic E-state index is -0.314. The molecule has 0 N–H and O–H groups in total. The molecule has 2 aromatic carbocycles. The van der Waals surface area contributed by atoms with Crippen LogP contribution < -0.4 is 9.64 Å². The average Bonchev–Trinajstić information content (AvgIpc) is 2.64. The maximum atomic E-state index is 13.0. The van der Waals surface area contributed by atoms with Gasteiger partial charge in [-0.1, -0.05) is 6.42 Å². The molecule has 0 spiro atoms. The molecule has 0 aliphatic heterocycles. The molecule has 0 bridgehead atoms. The zero-order valence-electron chi connectivity index (χ0n) is 15.5. The zero-order chi connectivity index (χ0) is 19.5. The number of benzene rings is 2. The van der Waals surface area contributed by atoms with Gasteiger partial charge in [0.2, 0.25) is 5.91 Å². The Morgan fingerprint density at radius 2 is 1.68 bits per heavy atom. The third-order valence-corrected chi connectivity index (χ3v) is 4.82. The maximum Gasteiger partial charge on any atom is 0.229 e. The van der Waals surface area contributed by atoms with Crippen LogP contribution >= 0.6 is 0 Å². The summed E-state index contributed by atoms with van der Waals surface area (Å²) < 4.78 is 18.7. The van der Waals surface area contributed by atoms with Crippen molar-refractivity contribution in [3.8, 4) is 11.5 Å². The number of carbonyl (C=O) groups is 1. The van der Waals surface area contributed by atoms with Crippen LogP contribution in [0.2, 0.25) is 0 Å². The summed E-state index contributed by atoms with van der Waals surface area (Å²) in [4.78, 5) is 22.9. The van der Waals surface area contributed by atoms with E-state index in [0.717, 1.165) is 18.7 Å². The Kier molecular flexibility index (Phi) is 5.02. The van der Waals surface area contributed by atoms with Crippen LogP contribution in [0.4, 0.5) is 15.9 Å². The number of carbonyl (C=O) groups excluding carboxylic acids is 1. The molecule has 1 aliphatic rings. The molecule has 1 saturated carbocycles. The number of ether oxygens (including phenoxy) is 1. The summed E-state index contributed by atoms with van der Waals surface area (Å²) in [5, 5.41) is 0. The highest BCUT2D eigenvalue weighted by atomic mass is 19.1. The van der Waals surface area contributed by atoms with Gasteiger partial charge in [-0.2, -0.15) is 0 Å². The summed E-state index contributed by atoms with van der Waals surface area (Å²) in [6.45, 7) is 1.51. The fourth-order valence-electron chi connectivity index (χ4n) is 3.13. The van der Waals surface area contributed by atoms with E-state index in [-0.39, 0.29) is 11.7 Å². The Labute approximate surface area is 162 Å². The predicted molar refractivity (Wildman–Crippen MR) is 104 cm³/mol. The molecule has 3 aromatic rings. The lowest BCUT2D eigenvalue weighted by Gasteiger charge is -2.26. The monoisotopic (exact) mass is 377 g/mol. The van der Waals surface area contributed by atoms with Crippen molar-refractivity contribution in [2.75, 3.05) is 4.90 Å². The van der Waals surface area contributed by atoms with Gasteiger partial charge in [-0.05, 0) is 67.4 Å². The highest BCUT2D eigenvalue weighted by Crippen LogP contribution is 2.35. The third-order valence-electron chi connectivity index (χ3n) is 4.82. The standard InChI is InChI=1S/C22H20FN3O2/c1-15(27)26(21-13-14-24-22(25-21)16-3-2-4-16)18-7-11-20(12-8-18)28-19-9-5-17(23)6-10-19/h5-14,16H,2-4H2,1H3. The molecule has 0 unspecified atom stereocenters. The molecule has 142 valence electrons. The Bertz CT molecular complexity index is 970. The minimum Gasteiger partial charge on any atom is -0.457 e. The smallest absolute Gasteiger partial charge is 0.229 e. The van der Waals surface area contributed by atoms with Crippen molar-refractivity contribution in [2.24, 2.45) is 0 Å². The number of nitrogens with zero attached hydrogens (tertiary/aromatic N) is 3. The van der Waals surface area contributed by atoms with Crippen molar-refractivity contribution < 1.29 is 13.9 Å². The second-order valence-corrected chi connectivity index (χ2v) is 6.81. The van der Waals surface area contributed by atoms with E-state index < -0.39 is 0 Å². The van der Waals surface area contributed by atoms with Crippen LogP contribution in [0.3, 0.4) is 0 Å². The molecule has 1 heterocycles. The van der Waals surface area contributed by atoms with Gasteiger partial charge in [0.15, 0.2) is 0 Å². The molecule has 1 fully saturated rings. The number of halogens is 1. The van der Waals surface area contributed by atoms with E-state index in [1.54, 1.807) is 53.6 Å². The van der Waals surface area contributed by atoms with E-state index in [4.69, 9.17) is 4.74 Å². The fourth-order valence-corrected chi connectivity index (χ4v) is 3.13. The normalized spacial score (nSPS) is 13.6. The van der Waals surface area contributed by atoms with Crippen LogP contribution in [0.15, 0.2) is 60.8 Å². The second kappa shape index (κ2) is 7.76. The Morgan fingerprint density at radius 3 is 2.25 bits per heavy atom. The van der Waals surface area contributed by atoms with Crippen LogP contribution in [-0.4, -0.2) is 15.9 Å². The molecular weight excluding hydrogens is 357 g/mol. The summed E-state index contributed by atoms with van der Waals surface area (Å²) in [6.07, 6.45) is 5.10. The van der Waals surface area contributed by atoms with E-state index in [9.17, 15) is 9.18 Å². The van der Waals surface area contributed by atoms with Crippen LogP contribution in [-0.2, 0) is 4.79 Å². The molecule has 0 atom stereocenters. The van der Waals surface area contributed by atoms with Crippen LogP contribution in [0.25, 0.3) is 0 Å². The first kappa shape index (κ1) is 18.1. The van der Waals surface area contributed by atoms with Gasteiger partial charge >= 0.3 is 0 Å². The minimum absolute atomic E-state index is 0.134. The summed E-state index contributed by atoms with van der Waals surface area (Å²) in [6, 6.07) is 14.7. The first-order valence-corrected chi connectivity index (χ1v) is 9.27. The van der Waals surface area contributed by atoms with Gasteiger partial charge in [0.05, 0.1) is 5.69 Å². The van der Waals surface area contributed by atoms with Crippen molar-refractivity contribution >= 4 is 17.4 Å². The Morgan fingerprint density at radius 1 is 1.04 bits per heavy atom. The largest absolute Gasteiger partial charge is 0.457 e. The van der Waals surface area contributed by atoms with Gasteiger partial charge in [0, 0.05) is 19.0 Å². The summed E-state index contributed by atoms with van der Waals surface area (Å²) >= 11 is 0. The molecule has 0 radical (unpaired) electrons. The second-order valence-electron chi connectivity index (χ2n) is 6.81. The van der Waals surface area contributed by atoms with E-state index in [1.165, 1.54) is 25.5 Å². The van der Waals surface area contributed by atoms with Crippen molar-refractivity contribution in [1.82, 2.24) is 9.97 Å². The topological polar surface area (TPSA) is 55.3 Å². The van der Waals surface area contributed by atoms with Crippen LogP contribution in [0, 0.1) is 5.82 Å². The Balaban J connectivity index is 1.56. The van der Waals surface area contributed by atoms with E-state index >= 15 is 0 Å². The zero-order valence-corrected chi connectivity index (χ0v) is 15.5. The van der Waals surface area contributed by atoms with Crippen LogP contribution in [0.1, 0.15) is 37.9 Å². The third kappa shape index (κ3) is 3.86. The van der Waals surface area contributed by atoms with E-state index in [0.29, 0.717) is 28.9 Å². The number of aromatic nitrogens is 2. The van der Waals surface area contributed by atoms with Crippen molar-refractivity contribution in [1.29, 1.82) is 0 Å². The molecule has 0 saturated heterocycles. The lowest BCUT2D eigenvalue weighted by Crippen LogP contribution is -2.25. The lowest BCUT2D eigenvalue weighted by atomic mass is 9.85. The average molecular weight is 377 g/mol. The molecule has 1 amide bonds. The van der Waals surface area contributed by atoms with Crippen LogP contribution in [0.5, 0.6) is 11.5 Å². The van der Waals surface area contributed by atoms with E-state index in [2.05, 4.69) is 9.97 Å². The first-order valence-electron chi connectivity index (χ1n) is 9.27. The number of hydrogen-bond donors (Lipinski definition) is 0. The maximum absolute atomic E-state index is 13.0. The highest BCUT2D eigenvalue weighted by molar-refractivity contribution is 5.98. The number of hydrogen-bond acceptors (Lipinski definition) is 4. The van der Waals surface area contributed by atoms with Gasteiger partial charge in [-0.25, -0.2) is 14.4 Å². The van der Waals surface area contributed by atoms with Crippen molar-refractivity contribution in [3.05, 3.63) is 72.4 Å². The van der Waals surface area contributed by atoms with E-state index in [1.807, 2.05) is 0 Å². The summed E-state index contributed by atoms with van der Waals surface area (Å²) in [7, 11) is 0. The molecule has 4 rings (SSSR count). The molecule has 1 aliphatic carbocycles. The van der Waals surface area contributed by atoms with Crippen molar-refractivity contribution in [3.63, 3.8) is 0 Å². The lowest BCUT2D eigenvalue weighted by molar-refractivity contribution is -0.115.